The second-order valence-electron chi connectivity index (χ2n) is 6.81. The molecule has 0 spiro atoms. The minimum absolute atomic E-state index is 0.273. The molecule has 0 amide bonds. The van der Waals surface area contributed by atoms with Gasteiger partial charge in [-0.3, -0.25) is 19.2 Å². The van der Waals surface area contributed by atoms with Gasteiger partial charge in [-0.15, -0.1) is 0 Å². The van der Waals surface area contributed by atoms with E-state index in [4.69, 9.17) is 29.1 Å². The molecule has 0 saturated carbocycles. The molecule has 2 rings (SSSR count). The molecule has 0 bridgehead atoms. The van der Waals surface area contributed by atoms with Crippen molar-refractivity contribution in [1.82, 2.24) is 0 Å². The van der Waals surface area contributed by atoms with Crippen molar-refractivity contribution in [3.05, 3.63) is 34.8 Å². The van der Waals surface area contributed by atoms with Crippen LogP contribution >= 0.6 is 0 Å². The van der Waals surface area contributed by atoms with Crippen LogP contribution in [-0.2, 0) is 42.9 Å². The first kappa shape index (κ1) is 23.8. The number of hydrogen-bond acceptors (Lipinski definition) is 10. The molecule has 0 N–H and O–H groups in total. The number of benzene rings is 1. The molecule has 1 heterocycles. The molecule has 1 fully saturated rings. The van der Waals surface area contributed by atoms with E-state index in [1.54, 1.807) is 12.1 Å². The van der Waals surface area contributed by atoms with Crippen LogP contribution in [0.2, 0.25) is 0 Å². The standard InChI is InChI=1S/C20H23N2O9/c1-10(23)27-9-16-18(28-11(2)24)20(30-13(4)26)19(29-12(3)25)17(31-16)14-5-7-15(22-21)8-6-14/h5-8,16-20H,9H2,1-4H3/q+1/t16-,17+,18-,19+,20+/m1/s1. The molecule has 11 nitrogen and oxygen atoms in total. The lowest BCUT2D eigenvalue weighted by Crippen LogP contribution is -2.59. The quantitative estimate of drug-likeness (QED) is 0.369. The van der Waals surface area contributed by atoms with E-state index in [0.717, 1.165) is 13.8 Å². The van der Waals surface area contributed by atoms with Gasteiger partial charge in [0.15, 0.2) is 23.3 Å². The zero-order valence-electron chi connectivity index (χ0n) is 17.5. The van der Waals surface area contributed by atoms with Gasteiger partial charge >= 0.3 is 29.6 Å². The average Bonchev–Trinajstić information content (AvgIpc) is 2.68. The van der Waals surface area contributed by atoms with Gasteiger partial charge in [-0.25, -0.2) is 0 Å². The van der Waals surface area contributed by atoms with E-state index in [9.17, 15) is 19.2 Å². The smallest absolute Gasteiger partial charge is 0.385 e. The molecule has 1 aliphatic rings. The molecule has 166 valence electrons. The Hall–Kier alpha value is -3.52. The van der Waals surface area contributed by atoms with Gasteiger partial charge in [-0.05, 0) is 17.7 Å². The Balaban J connectivity index is 2.53. The van der Waals surface area contributed by atoms with E-state index in [0.29, 0.717) is 5.56 Å². The summed E-state index contributed by atoms with van der Waals surface area (Å²) in [7, 11) is 0. The minimum Gasteiger partial charge on any atom is -0.463 e. The van der Waals surface area contributed by atoms with E-state index in [1.165, 1.54) is 26.0 Å². The van der Waals surface area contributed by atoms with Crippen LogP contribution in [0.1, 0.15) is 39.4 Å². The van der Waals surface area contributed by atoms with Crippen molar-refractivity contribution in [2.75, 3.05) is 6.61 Å². The highest BCUT2D eigenvalue weighted by molar-refractivity contribution is 5.69. The van der Waals surface area contributed by atoms with E-state index in [-0.39, 0.29) is 12.3 Å². The van der Waals surface area contributed by atoms with Gasteiger partial charge in [0.1, 0.15) is 18.8 Å². The molecule has 0 aromatic heterocycles. The molecular formula is C20H23N2O9+. The maximum atomic E-state index is 11.8. The Morgan fingerprint density at radius 2 is 1.35 bits per heavy atom. The van der Waals surface area contributed by atoms with Crippen LogP contribution in [0.25, 0.3) is 4.98 Å². The van der Waals surface area contributed by atoms with Crippen LogP contribution in [0, 0.1) is 5.39 Å². The first-order valence-corrected chi connectivity index (χ1v) is 9.38. The third kappa shape index (κ3) is 6.48. The van der Waals surface area contributed by atoms with Crippen molar-refractivity contribution in [2.45, 2.75) is 58.2 Å². The number of nitrogens with zero attached hydrogens (tertiary/aromatic N) is 2. The van der Waals surface area contributed by atoms with Gasteiger partial charge in [-0.2, -0.15) is 0 Å². The number of hydrogen-bond donors (Lipinski definition) is 0. The zero-order valence-corrected chi connectivity index (χ0v) is 17.5. The number of rotatable bonds is 6. The van der Waals surface area contributed by atoms with Crippen molar-refractivity contribution >= 4 is 29.6 Å². The number of esters is 4. The largest absolute Gasteiger partial charge is 0.463 e. The fourth-order valence-corrected chi connectivity index (χ4v) is 3.23. The summed E-state index contributed by atoms with van der Waals surface area (Å²) in [5.41, 5.74) is 0.763. The number of carbonyl (C=O) groups excluding carboxylic acids is 4. The molecular weight excluding hydrogens is 412 g/mol. The van der Waals surface area contributed by atoms with Crippen molar-refractivity contribution in [3.63, 3.8) is 0 Å². The Labute approximate surface area is 178 Å². The van der Waals surface area contributed by atoms with Crippen molar-refractivity contribution in [3.8, 4) is 0 Å². The molecule has 1 aliphatic heterocycles. The van der Waals surface area contributed by atoms with Gasteiger partial charge in [0.2, 0.25) is 5.39 Å². The Bertz CT molecular complexity index is 878. The lowest BCUT2D eigenvalue weighted by molar-refractivity contribution is -0.254. The third-order valence-corrected chi connectivity index (χ3v) is 4.33. The topological polar surface area (TPSA) is 143 Å². The average molecular weight is 435 g/mol. The summed E-state index contributed by atoms with van der Waals surface area (Å²) in [4.78, 5) is 49.7. The van der Waals surface area contributed by atoms with E-state index >= 15 is 0 Å². The van der Waals surface area contributed by atoms with Crippen molar-refractivity contribution < 1.29 is 42.9 Å². The van der Waals surface area contributed by atoms with E-state index in [1.807, 2.05) is 0 Å². The maximum absolute atomic E-state index is 11.8. The Kier molecular flexibility index (Phi) is 8.04. The third-order valence-electron chi connectivity index (χ3n) is 4.33. The molecule has 0 aliphatic carbocycles. The first-order valence-electron chi connectivity index (χ1n) is 9.38. The van der Waals surface area contributed by atoms with Crippen LogP contribution in [0.15, 0.2) is 24.3 Å². The summed E-state index contributed by atoms with van der Waals surface area (Å²) in [6.45, 7) is 4.36. The highest BCUT2D eigenvalue weighted by atomic mass is 16.7. The fourth-order valence-electron chi connectivity index (χ4n) is 3.23. The number of carbonyl (C=O) groups is 4. The molecule has 1 aromatic rings. The summed E-state index contributed by atoms with van der Waals surface area (Å²) in [6, 6.07) is 6.11. The Morgan fingerprint density at radius 1 is 0.839 bits per heavy atom. The summed E-state index contributed by atoms with van der Waals surface area (Å²) in [6.07, 6.45) is -5.65. The van der Waals surface area contributed by atoms with Gasteiger partial charge in [-0.1, -0.05) is 0 Å². The molecule has 11 heteroatoms. The Morgan fingerprint density at radius 3 is 1.84 bits per heavy atom. The van der Waals surface area contributed by atoms with Crippen molar-refractivity contribution in [1.29, 1.82) is 5.39 Å². The van der Waals surface area contributed by atoms with Crippen LogP contribution in [0.5, 0.6) is 0 Å². The minimum atomic E-state index is -1.24. The summed E-state index contributed by atoms with van der Waals surface area (Å²) in [5, 5.41) is 8.90. The van der Waals surface area contributed by atoms with Crippen molar-refractivity contribution in [2.24, 2.45) is 0 Å². The SMILES string of the molecule is CC(=O)OC[C@H]1O[C@@H](c2ccc([N+]#N)cc2)[C@H](OC(C)=O)[C@@H](OC(C)=O)[C@@H]1OC(C)=O. The lowest BCUT2D eigenvalue weighted by atomic mass is 9.90. The fraction of sp³-hybridized carbons (Fsp3) is 0.500. The predicted molar refractivity (Wildman–Crippen MR) is 102 cm³/mol. The highest BCUT2D eigenvalue weighted by Crippen LogP contribution is 2.38. The molecule has 1 aromatic carbocycles. The normalized spacial score (nSPS) is 24.9. The van der Waals surface area contributed by atoms with Crippen LogP contribution in [0.4, 0.5) is 5.69 Å². The van der Waals surface area contributed by atoms with E-state index < -0.39 is 54.4 Å². The lowest BCUT2D eigenvalue weighted by Gasteiger charge is -2.44. The van der Waals surface area contributed by atoms with Gasteiger partial charge in [0, 0.05) is 39.8 Å². The highest BCUT2D eigenvalue weighted by Gasteiger charge is 2.52. The van der Waals surface area contributed by atoms with Crippen LogP contribution in [0.3, 0.4) is 0 Å². The van der Waals surface area contributed by atoms with Gasteiger partial charge < -0.3 is 23.7 Å². The first-order chi connectivity index (χ1) is 14.6. The molecule has 0 radical (unpaired) electrons. The van der Waals surface area contributed by atoms with Gasteiger partial charge in [0.05, 0.1) is 0 Å². The van der Waals surface area contributed by atoms with E-state index in [2.05, 4.69) is 4.98 Å². The van der Waals surface area contributed by atoms with Gasteiger partial charge in [0.25, 0.3) is 0 Å². The van der Waals surface area contributed by atoms with Crippen LogP contribution < -0.4 is 0 Å². The predicted octanol–water partition coefficient (Wildman–Crippen LogP) is 1.97. The summed E-state index contributed by atoms with van der Waals surface area (Å²) >= 11 is 0. The number of diazo groups is 1. The van der Waals surface area contributed by atoms with Crippen LogP contribution in [-0.4, -0.2) is 54.9 Å². The second-order valence-corrected chi connectivity index (χ2v) is 6.81. The maximum Gasteiger partial charge on any atom is 0.385 e. The molecule has 31 heavy (non-hydrogen) atoms. The molecule has 5 atom stereocenters. The monoisotopic (exact) mass is 435 g/mol. The summed E-state index contributed by atoms with van der Waals surface area (Å²) < 4.78 is 27.1. The summed E-state index contributed by atoms with van der Waals surface area (Å²) in [5.74, 6) is -2.69. The molecule has 1 saturated heterocycles. The number of ether oxygens (including phenoxy) is 5. The molecule has 0 unspecified atom stereocenters. The zero-order chi connectivity index (χ0) is 23.1. The second kappa shape index (κ2) is 10.5.